The number of methoxy groups -OCH3 is 1. The summed E-state index contributed by atoms with van der Waals surface area (Å²) in [5, 5.41) is 11.0. The van der Waals surface area contributed by atoms with Gasteiger partial charge < -0.3 is 14.5 Å². The number of hydrogen-bond donors (Lipinski definition) is 1. The van der Waals surface area contributed by atoms with Crippen LogP contribution < -0.4 is 10.1 Å². The van der Waals surface area contributed by atoms with E-state index in [1.807, 2.05) is 61.5 Å². The fraction of sp³-hybridized carbons (Fsp3) is 0.250. The van der Waals surface area contributed by atoms with Gasteiger partial charge in [0.25, 0.3) is 5.22 Å². The maximum atomic E-state index is 12.3. The molecule has 1 atom stereocenters. The number of nitrogens with zero attached hydrogens (tertiary/aromatic N) is 2. The molecule has 0 aliphatic rings. The molecule has 0 bridgehead atoms. The number of rotatable bonds is 8. The van der Waals surface area contributed by atoms with Gasteiger partial charge in [-0.15, -0.1) is 10.2 Å². The summed E-state index contributed by atoms with van der Waals surface area (Å²) in [4.78, 5) is 12.3. The van der Waals surface area contributed by atoms with E-state index < -0.39 is 0 Å². The number of ether oxygens (including phenoxy) is 1. The molecule has 1 aromatic heterocycles. The maximum Gasteiger partial charge on any atom is 0.277 e. The van der Waals surface area contributed by atoms with Gasteiger partial charge in [-0.1, -0.05) is 54.2 Å². The molecule has 1 amide bonds. The molecule has 27 heavy (non-hydrogen) atoms. The minimum atomic E-state index is -0.340. The first-order valence-corrected chi connectivity index (χ1v) is 9.45. The highest BCUT2D eigenvalue weighted by Gasteiger charge is 2.18. The largest absolute Gasteiger partial charge is 0.497 e. The van der Waals surface area contributed by atoms with Crippen LogP contribution in [0.4, 0.5) is 0 Å². The Morgan fingerprint density at radius 2 is 1.85 bits per heavy atom. The number of carbonyl (C=O) groups excluding carboxylic acids is 1. The Labute approximate surface area is 162 Å². The molecule has 0 unspecified atom stereocenters. The maximum absolute atomic E-state index is 12.3. The van der Waals surface area contributed by atoms with E-state index in [0.29, 0.717) is 24.1 Å². The average molecular weight is 383 g/mol. The van der Waals surface area contributed by atoms with Crippen LogP contribution in [0.15, 0.2) is 64.2 Å². The first-order chi connectivity index (χ1) is 13.1. The second kappa shape index (κ2) is 9.23. The molecule has 6 nitrogen and oxygen atoms in total. The van der Waals surface area contributed by atoms with Gasteiger partial charge in [-0.25, -0.2) is 0 Å². The van der Waals surface area contributed by atoms with E-state index in [1.54, 1.807) is 7.11 Å². The van der Waals surface area contributed by atoms with Gasteiger partial charge in [-0.3, -0.25) is 4.79 Å². The fourth-order valence-corrected chi connectivity index (χ4v) is 3.13. The number of nitrogens with one attached hydrogen (secondary N) is 1. The van der Waals surface area contributed by atoms with E-state index in [9.17, 15) is 4.79 Å². The topological polar surface area (TPSA) is 77.2 Å². The Bertz CT molecular complexity index is 866. The van der Waals surface area contributed by atoms with Gasteiger partial charge in [0.15, 0.2) is 0 Å². The van der Waals surface area contributed by atoms with Crippen molar-refractivity contribution in [3.8, 4) is 5.75 Å². The zero-order chi connectivity index (χ0) is 19.1. The van der Waals surface area contributed by atoms with E-state index in [-0.39, 0.29) is 11.2 Å². The van der Waals surface area contributed by atoms with Crippen molar-refractivity contribution in [2.45, 2.75) is 30.4 Å². The minimum absolute atomic E-state index is 0.0846. The molecule has 0 fully saturated rings. The Hall–Kier alpha value is -2.80. The Morgan fingerprint density at radius 3 is 2.56 bits per heavy atom. The molecule has 0 radical (unpaired) electrons. The molecule has 2 aromatic carbocycles. The van der Waals surface area contributed by atoms with Gasteiger partial charge in [0.1, 0.15) is 5.75 Å². The monoisotopic (exact) mass is 383 g/mol. The van der Waals surface area contributed by atoms with E-state index in [4.69, 9.17) is 9.15 Å². The summed E-state index contributed by atoms with van der Waals surface area (Å²) in [6.45, 7) is 2.27. The van der Waals surface area contributed by atoms with Crippen LogP contribution in [0.3, 0.4) is 0 Å². The molecule has 1 heterocycles. The van der Waals surface area contributed by atoms with Crippen LogP contribution in [0.25, 0.3) is 0 Å². The molecule has 0 saturated heterocycles. The summed E-state index contributed by atoms with van der Waals surface area (Å²) in [6, 6.07) is 17.5. The highest BCUT2D eigenvalue weighted by atomic mass is 32.2. The number of benzene rings is 2. The lowest BCUT2D eigenvalue weighted by Crippen LogP contribution is -2.30. The molecular weight excluding hydrogens is 362 g/mol. The van der Waals surface area contributed by atoms with Crippen molar-refractivity contribution in [3.63, 3.8) is 0 Å². The van der Waals surface area contributed by atoms with Crippen LogP contribution in [-0.2, 0) is 17.8 Å². The molecule has 0 spiro atoms. The molecule has 0 aliphatic carbocycles. The standard InChI is InChI=1S/C20H21N3O3S/c1-14(19(24)21-13-16-8-10-17(25-2)11-9-16)27-20-23-22-18(26-20)12-15-6-4-3-5-7-15/h3-11,14H,12-13H2,1-2H3,(H,21,24)/t14-/m1/s1. The van der Waals surface area contributed by atoms with Crippen molar-refractivity contribution in [1.82, 2.24) is 15.5 Å². The Kier molecular flexibility index (Phi) is 6.49. The fourth-order valence-electron chi connectivity index (χ4n) is 2.41. The van der Waals surface area contributed by atoms with Crippen LogP contribution in [-0.4, -0.2) is 28.5 Å². The molecule has 3 rings (SSSR count). The van der Waals surface area contributed by atoms with E-state index in [1.165, 1.54) is 11.8 Å². The van der Waals surface area contributed by atoms with Crippen LogP contribution >= 0.6 is 11.8 Å². The lowest BCUT2D eigenvalue weighted by Gasteiger charge is -2.10. The van der Waals surface area contributed by atoms with Gasteiger partial charge >= 0.3 is 0 Å². The number of aromatic nitrogens is 2. The summed E-state index contributed by atoms with van der Waals surface area (Å²) in [5.74, 6) is 1.24. The predicted molar refractivity (Wildman–Crippen MR) is 104 cm³/mol. The quantitative estimate of drug-likeness (QED) is 0.600. The first-order valence-electron chi connectivity index (χ1n) is 8.57. The second-order valence-corrected chi connectivity index (χ2v) is 7.24. The molecule has 0 aliphatic heterocycles. The summed E-state index contributed by atoms with van der Waals surface area (Å²) in [5.41, 5.74) is 2.10. The van der Waals surface area contributed by atoms with Crippen molar-refractivity contribution >= 4 is 17.7 Å². The third-order valence-electron chi connectivity index (χ3n) is 3.92. The van der Waals surface area contributed by atoms with Crippen molar-refractivity contribution in [2.75, 3.05) is 7.11 Å². The van der Waals surface area contributed by atoms with Crippen molar-refractivity contribution in [1.29, 1.82) is 0 Å². The highest BCUT2D eigenvalue weighted by molar-refractivity contribution is 8.00. The summed E-state index contributed by atoms with van der Waals surface area (Å²) in [7, 11) is 1.62. The Balaban J connectivity index is 1.49. The number of amides is 1. The van der Waals surface area contributed by atoms with Crippen LogP contribution in [0.1, 0.15) is 23.9 Å². The molecule has 1 N–H and O–H groups in total. The zero-order valence-corrected chi connectivity index (χ0v) is 16.0. The molecule has 0 saturated carbocycles. The van der Waals surface area contributed by atoms with E-state index in [2.05, 4.69) is 15.5 Å². The second-order valence-electron chi connectivity index (χ2n) is 5.95. The van der Waals surface area contributed by atoms with E-state index in [0.717, 1.165) is 16.9 Å². The average Bonchev–Trinajstić information content (AvgIpc) is 3.14. The van der Waals surface area contributed by atoms with Gasteiger partial charge in [0.05, 0.1) is 18.8 Å². The number of hydrogen-bond acceptors (Lipinski definition) is 6. The van der Waals surface area contributed by atoms with Gasteiger partial charge in [0.2, 0.25) is 11.8 Å². The molecule has 7 heteroatoms. The van der Waals surface area contributed by atoms with Gasteiger partial charge in [0, 0.05) is 6.54 Å². The summed E-state index contributed by atoms with van der Waals surface area (Å²) >= 11 is 1.25. The smallest absolute Gasteiger partial charge is 0.277 e. The number of thioether (sulfide) groups is 1. The SMILES string of the molecule is COc1ccc(CNC(=O)[C@@H](C)Sc2nnc(Cc3ccccc3)o2)cc1. The van der Waals surface area contributed by atoms with Crippen LogP contribution in [0, 0.1) is 0 Å². The van der Waals surface area contributed by atoms with Crippen molar-refractivity contribution in [2.24, 2.45) is 0 Å². The molecular formula is C20H21N3O3S. The highest BCUT2D eigenvalue weighted by Crippen LogP contribution is 2.23. The Morgan fingerprint density at radius 1 is 1.11 bits per heavy atom. The lowest BCUT2D eigenvalue weighted by molar-refractivity contribution is -0.120. The lowest BCUT2D eigenvalue weighted by atomic mass is 10.2. The summed E-state index contributed by atoms with van der Waals surface area (Å²) in [6.07, 6.45) is 0.576. The van der Waals surface area contributed by atoms with Crippen LogP contribution in [0.5, 0.6) is 5.75 Å². The minimum Gasteiger partial charge on any atom is -0.497 e. The predicted octanol–water partition coefficient (Wildman–Crippen LogP) is 3.47. The first kappa shape index (κ1) is 19.0. The van der Waals surface area contributed by atoms with Crippen molar-refractivity contribution < 1.29 is 13.9 Å². The van der Waals surface area contributed by atoms with Gasteiger partial charge in [-0.05, 0) is 30.2 Å². The van der Waals surface area contributed by atoms with Crippen LogP contribution in [0.2, 0.25) is 0 Å². The third-order valence-corrected chi connectivity index (χ3v) is 4.85. The zero-order valence-electron chi connectivity index (χ0n) is 15.2. The number of carbonyl (C=O) groups is 1. The van der Waals surface area contributed by atoms with E-state index >= 15 is 0 Å². The molecule has 3 aromatic rings. The summed E-state index contributed by atoms with van der Waals surface area (Å²) < 4.78 is 10.8. The molecule has 140 valence electrons. The van der Waals surface area contributed by atoms with Gasteiger partial charge in [-0.2, -0.15) is 0 Å². The normalized spacial score (nSPS) is 11.8. The third kappa shape index (κ3) is 5.59. The van der Waals surface area contributed by atoms with Crippen molar-refractivity contribution in [3.05, 3.63) is 71.6 Å².